The summed E-state index contributed by atoms with van der Waals surface area (Å²) in [6, 6.07) is 4.92. The lowest BCUT2D eigenvalue weighted by atomic mass is 10.1. The van der Waals surface area contributed by atoms with Gasteiger partial charge in [-0.3, -0.25) is 4.79 Å². The van der Waals surface area contributed by atoms with Crippen molar-refractivity contribution in [1.29, 1.82) is 0 Å². The fraction of sp³-hybridized carbons (Fsp3) is 0.222. The molecule has 70 valence electrons. The maximum Gasteiger partial charge on any atom is 0.172 e. The van der Waals surface area contributed by atoms with E-state index in [1.54, 1.807) is 18.2 Å². The molecule has 4 heteroatoms. The first-order valence-electron chi connectivity index (χ1n) is 3.62. The Hall–Kier alpha value is -0.180. The van der Waals surface area contributed by atoms with E-state index in [-0.39, 0.29) is 5.78 Å². The second-order valence-corrected chi connectivity index (χ2v) is 4.17. The lowest BCUT2D eigenvalue weighted by Crippen LogP contribution is -2.01. The minimum Gasteiger partial charge on any atom is -0.293 e. The third-order valence-electron chi connectivity index (χ3n) is 1.52. The van der Waals surface area contributed by atoms with Crippen molar-refractivity contribution >= 4 is 40.7 Å². The van der Waals surface area contributed by atoms with E-state index in [1.807, 2.05) is 6.26 Å². The molecule has 0 amide bonds. The van der Waals surface area contributed by atoms with Crippen LogP contribution in [0.1, 0.15) is 10.4 Å². The van der Waals surface area contributed by atoms with E-state index in [2.05, 4.69) is 0 Å². The van der Waals surface area contributed by atoms with E-state index in [0.29, 0.717) is 21.4 Å². The van der Waals surface area contributed by atoms with Gasteiger partial charge >= 0.3 is 0 Å². The predicted molar refractivity (Wildman–Crippen MR) is 59.2 cm³/mol. The molecule has 0 aliphatic carbocycles. The number of hydrogen-bond acceptors (Lipinski definition) is 2. The van der Waals surface area contributed by atoms with Gasteiger partial charge in [0.2, 0.25) is 0 Å². The van der Waals surface area contributed by atoms with Crippen molar-refractivity contribution in [2.45, 2.75) is 0 Å². The van der Waals surface area contributed by atoms with Crippen LogP contribution >= 0.6 is 35.0 Å². The molecule has 0 heterocycles. The van der Waals surface area contributed by atoms with E-state index in [4.69, 9.17) is 23.2 Å². The molecule has 0 aliphatic heterocycles. The summed E-state index contributed by atoms with van der Waals surface area (Å²) in [5.74, 6) is 0.545. The van der Waals surface area contributed by atoms with Gasteiger partial charge in [-0.15, -0.1) is 0 Å². The Bertz CT molecular complexity index is 325. The van der Waals surface area contributed by atoms with Crippen LogP contribution in [0, 0.1) is 0 Å². The third kappa shape index (κ3) is 2.90. The summed E-state index contributed by atoms with van der Waals surface area (Å²) in [5.41, 5.74) is 0.615. The zero-order valence-corrected chi connectivity index (χ0v) is 9.34. The number of thioether (sulfide) groups is 1. The molecular weight excluding hydrogens is 227 g/mol. The largest absolute Gasteiger partial charge is 0.293 e. The minimum absolute atomic E-state index is 0.0751. The van der Waals surface area contributed by atoms with Gasteiger partial charge in [0.05, 0.1) is 15.8 Å². The molecule has 0 aliphatic rings. The number of rotatable bonds is 3. The van der Waals surface area contributed by atoms with Crippen LogP contribution in [0.25, 0.3) is 0 Å². The average Bonchev–Trinajstić information content (AvgIpc) is 2.10. The van der Waals surface area contributed by atoms with Crippen molar-refractivity contribution in [1.82, 2.24) is 0 Å². The molecule has 1 aromatic rings. The van der Waals surface area contributed by atoms with E-state index in [9.17, 15) is 4.79 Å². The summed E-state index contributed by atoms with van der Waals surface area (Å²) in [4.78, 5) is 11.4. The van der Waals surface area contributed by atoms with Crippen LogP contribution in [0.5, 0.6) is 0 Å². The number of ketones is 1. The van der Waals surface area contributed by atoms with Crippen LogP contribution in [0.2, 0.25) is 10.0 Å². The Kier molecular flexibility index (Phi) is 4.10. The van der Waals surface area contributed by atoms with Crippen molar-refractivity contribution < 1.29 is 4.79 Å². The molecule has 0 fully saturated rings. The Balaban J connectivity index is 2.90. The summed E-state index contributed by atoms with van der Waals surface area (Å²) < 4.78 is 0. The van der Waals surface area contributed by atoms with E-state index in [1.165, 1.54) is 11.8 Å². The fourth-order valence-electron chi connectivity index (χ4n) is 0.884. The van der Waals surface area contributed by atoms with Gasteiger partial charge in [0, 0.05) is 5.56 Å². The van der Waals surface area contributed by atoms with E-state index < -0.39 is 0 Å². The summed E-state index contributed by atoms with van der Waals surface area (Å²) >= 11 is 13.0. The summed E-state index contributed by atoms with van der Waals surface area (Å²) in [5, 5.41) is 0.899. The average molecular weight is 235 g/mol. The number of Topliss-reactive ketones (excluding diaryl/α,β-unsaturated/α-hetero) is 1. The van der Waals surface area contributed by atoms with Crippen molar-refractivity contribution in [3.05, 3.63) is 33.8 Å². The molecule has 0 atom stereocenters. The Morgan fingerprint density at radius 1 is 1.38 bits per heavy atom. The van der Waals surface area contributed by atoms with Crippen LogP contribution in [-0.4, -0.2) is 17.8 Å². The molecule has 0 saturated carbocycles. The van der Waals surface area contributed by atoms with Crippen molar-refractivity contribution in [2.75, 3.05) is 12.0 Å². The van der Waals surface area contributed by atoms with Gasteiger partial charge in [-0.25, -0.2) is 0 Å². The standard InChI is InChI=1S/C9H8Cl2OS/c1-13-5-9(12)6-2-3-7(10)8(11)4-6/h2-4H,5H2,1H3. The predicted octanol–water partition coefficient (Wildman–Crippen LogP) is 3.54. The number of carbonyl (C=O) groups excluding carboxylic acids is 1. The number of benzene rings is 1. The molecule has 1 aromatic carbocycles. The fourth-order valence-corrected chi connectivity index (χ4v) is 1.61. The molecule has 1 nitrogen and oxygen atoms in total. The quantitative estimate of drug-likeness (QED) is 0.745. The van der Waals surface area contributed by atoms with Gasteiger partial charge in [0.25, 0.3) is 0 Å². The highest BCUT2D eigenvalue weighted by Crippen LogP contribution is 2.23. The minimum atomic E-state index is 0.0751. The lowest BCUT2D eigenvalue weighted by molar-refractivity contribution is 0.102. The van der Waals surface area contributed by atoms with Gasteiger partial charge in [-0.2, -0.15) is 11.8 Å². The smallest absolute Gasteiger partial charge is 0.172 e. The second kappa shape index (κ2) is 4.89. The molecule has 0 N–H and O–H groups in total. The first-order valence-corrected chi connectivity index (χ1v) is 5.77. The van der Waals surface area contributed by atoms with Crippen LogP contribution in [0.3, 0.4) is 0 Å². The molecule has 0 aromatic heterocycles. The third-order valence-corrected chi connectivity index (χ3v) is 2.81. The molecular formula is C9H8Cl2OS. The van der Waals surface area contributed by atoms with Gasteiger partial charge in [-0.1, -0.05) is 23.2 Å². The summed E-state index contributed by atoms with van der Waals surface area (Å²) in [6.45, 7) is 0. The lowest BCUT2D eigenvalue weighted by Gasteiger charge is -2.00. The van der Waals surface area contributed by atoms with Gasteiger partial charge in [0.15, 0.2) is 5.78 Å². The van der Waals surface area contributed by atoms with Crippen LogP contribution in [-0.2, 0) is 0 Å². The molecule has 1 rings (SSSR count). The summed E-state index contributed by atoms with van der Waals surface area (Å²) in [6.07, 6.45) is 1.88. The van der Waals surface area contributed by atoms with Crippen molar-refractivity contribution in [3.8, 4) is 0 Å². The highest BCUT2D eigenvalue weighted by molar-refractivity contribution is 7.99. The maximum atomic E-state index is 11.4. The maximum absolute atomic E-state index is 11.4. The molecule has 0 unspecified atom stereocenters. The first kappa shape index (κ1) is 10.9. The zero-order chi connectivity index (χ0) is 9.84. The Morgan fingerprint density at radius 2 is 2.08 bits per heavy atom. The van der Waals surface area contributed by atoms with Gasteiger partial charge in [-0.05, 0) is 24.5 Å². The highest BCUT2D eigenvalue weighted by atomic mass is 35.5. The van der Waals surface area contributed by atoms with Crippen LogP contribution < -0.4 is 0 Å². The molecule has 0 bridgehead atoms. The Morgan fingerprint density at radius 3 is 2.62 bits per heavy atom. The van der Waals surface area contributed by atoms with E-state index in [0.717, 1.165) is 0 Å². The second-order valence-electron chi connectivity index (χ2n) is 2.49. The van der Waals surface area contributed by atoms with Crippen LogP contribution in [0.4, 0.5) is 0 Å². The van der Waals surface area contributed by atoms with Gasteiger partial charge < -0.3 is 0 Å². The monoisotopic (exact) mass is 234 g/mol. The zero-order valence-electron chi connectivity index (χ0n) is 7.01. The van der Waals surface area contributed by atoms with Gasteiger partial charge in [0.1, 0.15) is 0 Å². The molecule has 0 radical (unpaired) electrons. The normalized spacial score (nSPS) is 10.1. The van der Waals surface area contributed by atoms with Crippen molar-refractivity contribution in [2.24, 2.45) is 0 Å². The number of halogens is 2. The SMILES string of the molecule is CSCC(=O)c1ccc(Cl)c(Cl)c1. The first-order chi connectivity index (χ1) is 6.15. The molecule has 0 spiro atoms. The highest BCUT2D eigenvalue weighted by Gasteiger charge is 2.06. The number of hydrogen-bond donors (Lipinski definition) is 0. The molecule has 0 saturated heterocycles. The van der Waals surface area contributed by atoms with Crippen molar-refractivity contribution in [3.63, 3.8) is 0 Å². The Labute approximate surface area is 91.4 Å². The summed E-state index contributed by atoms with van der Waals surface area (Å²) in [7, 11) is 0. The topological polar surface area (TPSA) is 17.1 Å². The van der Waals surface area contributed by atoms with E-state index >= 15 is 0 Å². The molecule has 13 heavy (non-hydrogen) atoms. The number of carbonyl (C=O) groups is 1. The van der Waals surface area contributed by atoms with Crippen LogP contribution in [0.15, 0.2) is 18.2 Å².